The highest BCUT2D eigenvalue weighted by Gasteiger charge is 2.47. The topological polar surface area (TPSA) is 0 Å². The molecule has 0 nitrogen and oxygen atoms in total. The van der Waals surface area contributed by atoms with Gasteiger partial charge in [0.1, 0.15) is 11.1 Å². The average molecular weight is 347 g/mol. The van der Waals surface area contributed by atoms with Crippen LogP contribution in [0.15, 0.2) is 4.47 Å². The zero-order valence-electron chi connectivity index (χ0n) is 7.78. The van der Waals surface area contributed by atoms with Crippen molar-refractivity contribution in [3.63, 3.8) is 0 Å². The van der Waals surface area contributed by atoms with Gasteiger partial charge < -0.3 is 0 Å². The first-order valence-corrected chi connectivity index (χ1v) is 4.68. The maximum atomic E-state index is 13.0. The highest BCUT2D eigenvalue weighted by molar-refractivity contribution is 9.10. The Kier molecular flexibility index (Phi) is 3.63. The van der Waals surface area contributed by atoms with Gasteiger partial charge in [0.25, 0.3) is 0 Å². The minimum atomic E-state index is -5.73. The molecule has 18 heavy (non-hydrogen) atoms. The van der Waals surface area contributed by atoms with E-state index < -0.39 is 45.4 Å². The number of halogens is 10. The summed E-state index contributed by atoms with van der Waals surface area (Å²) in [6, 6.07) is 0. The summed E-state index contributed by atoms with van der Waals surface area (Å²) in [5, 5.41) is 0. The van der Waals surface area contributed by atoms with Gasteiger partial charge in [0.2, 0.25) is 0 Å². The molecule has 102 valence electrons. The van der Waals surface area contributed by atoms with Crippen LogP contribution in [0.4, 0.5) is 39.5 Å². The van der Waals surface area contributed by atoms with E-state index in [-0.39, 0.29) is 0 Å². The fraction of sp³-hybridized carbons (Fsp3) is 0.250. The van der Waals surface area contributed by atoms with Crippen LogP contribution in [0.5, 0.6) is 0 Å². The van der Waals surface area contributed by atoms with E-state index in [1.807, 2.05) is 15.9 Å². The summed E-state index contributed by atoms with van der Waals surface area (Å²) in [7, 11) is 0. The SMILES string of the molecule is Fc1c(Br)c(F)c(C(F)(F)F)c(F)c1C(F)(F)F. The summed E-state index contributed by atoms with van der Waals surface area (Å²) in [6.07, 6.45) is -11.5. The molecule has 0 bridgehead atoms. The van der Waals surface area contributed by atoms with Gasteiger partial charge in [0, 0.05) is 0 Å². The molecule has 0 aliphatic carbocycles. The number of benzene rings is 1. The third kappa shape index (κ3) is 2.43. The van der Waals surface area contributed by atoms with Gasteiger partial charge in [-0.1, -0.05) is 0 Å². The molecule has 0 amide bonds. The van der Waals surface area contributed by atoms with Crippen molar-refractivity contribution in [3.8, 4) is 0 Å². The molecule has 0 atom stereocenters. The average Bonchev–Trinajstić information content (AvgIpc) is 2.09. The van der Waals surface area contributed by atoms with E-state index in [9.17, 15) is 39.5 Å². The fourth-order valence-electron chi connectivity index (χ4n) is 1.13. The minimum absolute atomic E-state index is 1.73. The minimum Gasteiger partial charge on any atom is -0.205 e. The van der Waals surface area contributed by atoms with Gasteiger partial charge in [-0.15, -0.1) is 0 Å². The first-order valence-electron chi connectivity index (χ1n) is 3.89. The maximum Gasteiger partial charge on any atom is 0.422 e. The second-order valence-electron chi connectivity index (χ2n) is 3.00. The Morgan fingerprint density at radius 2 is 0.889 bits per heavy atom. The Balaban J connectivity index is 3.83. The molecule has 0 radical (unpaired) electrons. The molecule has 0 fully saturated rings. The third-order valence-corrected chi connectivity index (χ3v) is 2.53. The summed E-state index contributed by atoms with van der Waals surface area (Å²) in [6.45, 7) is 0. The van der Waals surface area contributed by atoms with Crippen molar-refractivity contribution in [1.82, 2.24) is 0 Å². The van der Waals surface area contributed by atoms with E-state index >= 15 is 0 Å². The summed E-state index contributed by atoms with van der Waals surface area (Å²) in [5.74, 6) is -8.00. The predicted molar refractivity (Wildman–Crippen MR) is 44.0 cm³/mol. The van der Waals surface area contributed by atoms with Gasteiger partial charge in [0.05, 0.1) is 4.47 Å². The van der Waals surface area contributed by atoms with Crippen LogP contribution in [0.2, 0.25) is 0 Å². The van der Waals surface area contributed by atoms with Gasteiger partial charge in [-0.05, 0) is 15.9 Å². The van der Waals surface area contributed by atoms with Crippen molar-refractivity contribution in [3.05, 3.63) is 33.1 Å². The smallest absolute Gasteiger partial charge is 0.205 e. The zero-order valence-corrected chi connectivity index (χ0v) is 9.37. The number of hydrogen-bond acceptors (Lipinski definition) is 0. The van der Waals surface area contributed by atoms with Gasteiger partial charge in [-0.3, -0.25) is 0 Å². The predicted octanol–water partition coefficient (Wildman–Crippen LogP) is 4.90. The monoisotopic (exact) mass is 346 g/mol. The Morgan fingerprint density at radius 1 is 0.611 bits per heavy atom. The molecule has 10 heteroatoms. The molecule has 1 aromatic carbocycles. The van der Waals surface area contributed by atoms with Crippen LogP contribution in [0, 0.1) is 17.5 Å². The molecule has 0 saturated carbocycles. The molecule has 1 rings (SSSR count). The van der Waals surface area contributed by atoms with Gasteiger partial charge >= 0.3 is 12.4 Å². The first-order chi connectivity index (χ1) is 7.89. The largest absolute Gasteiger partial charge is 0.422 e. The second kappa shape index (κ2) is 4.32. The van der Waals surface area contributed by atoms with E-state index in [1.54, 1.807) is 0 Å². The molecule has 0 aromatic heterocycles. The van der Waals surface area contributed by atoms with Gasteiger partial charge in [-0.25, -0.2) is 13.2 Å². The van der Waals surface area contributed by atoms with Gasteiger partial charge in [-0.2, -0.15) is 26.3 Å². The lowest BCUT2D eigenvalue weighted by Gasteiger charge is -2.16. The molecule has 0 saturated heterocycles. The summed E-state index contributed by atoms with van der Waals surface area (Å²) in [4.78, 5) is 0. The Bertz CT molecular complexity index is 444. The molecule has 1 aromatic rings. The second-order valence-corrected chi connectivity index (χ2v) is 3.79. The lowest BCUT2D eigenvalue weighted by molar-refractivity contribution is -0.151. The van der Waals surface area contributed by atoms with E-state index in [1.165, 1.54) is 0 Å². The molecular formula is C8BrF9. The first kappa shape index (κ1) is 15.1. The quantitative estimate of drug-likeness (QED) is 0.356. The van der Waals surface area contributed by atoms with Crippen molar-refractivity contribution < 1.29 is 39.5 Å². The molecule has 0 aliphatic rings. The Morgan fingerprint density at radius 3 is 1.11 bits per heavy atom. The van der Waals surface area contributed by atoms with Crippen LogP contribution in [0.1, 0.15) is 11.1 Å². The Hall–Kier alpha value is -0.930. The third-order valence-electron chi connectivity index (χ3n) is 1.83. The van der Waals surface area contributed by atoms with Crippen molar-refractivity contribution in [2.75, 3.05) is 0 Å². The number of alkyl halides is 6. The standard InChI is InChI=1S/C8BrF9/c9-3-5(11)1(7(13,14)15)4(10)2(6(3)12)8(16,17)18. The highest BCUT2D eigenvalue weighted by atomic mass is 79.9. The molecule has 0 spiro atoms. The zero-order chi connectivity index (χ0) is 14.5. The van der Waals surface area contributed by atoms with Crippen molar-refractivity contribution in [1.29, 1.82) is 0 Å². The van der Waals surface area contributed by atoms with Crippen LogP contribution in [-0.2, 0) is 12.4 Å². The van der Waals surface area contributed by atoms with Crippen LogP contribution < -0.4 is 0 Å². The highest BCUT2D eigenvalue weighted by Crippen LogP contribution is 2.44. The molecule has 0 aliphatic heterocycles. The van der Waals surface area contributed by atoms with Crippen molar-refractivity contribution >= 4 is 15.9 Å². The lowest BCUT2D eigenvalue weighted by Crippen LogP contribution is -2.20. The van der Waals surface area contributed by atoms with E-state index in [0.29, 0.717) is 0 Å². The lowest BCUT2D eigenvalue weighted by atomic mass is 10.1. The summed E-state index contributed by atoms with van der Waals surface area (Å²) >= 11 is 1.88. The Labute approximate surface area is 102 Å². The molecule has 0 N–H and O–H groups in total. The van der Waals surface area contributed by atoms with E-state index in [2.05, 4.69) is 0 Å². The molecular weight excluding hydrogens is 347 g/mol. The van der Waals surface area contributed by atoms with Crippen LogP contribution in [0.3, 0.4) is 0 Å². The number of rotatable bonds is 0. The van der Waals surface area contributed by atoms with Crippen LogP contribution in [-0.4, -0.2) is 0 Å². The summed E-state index contributed by atoms with van der Waals surface area (Å²) in [5.41, 5.74) is -5.61. The van der Waals surface area contributed by atoms with Gasteiger partial charge in [0.15, 0.2) is 17.5 Å². The van der Waals surface area contributed by atoms with Crippen LogP contribution >= 0.6 is 15.9 Å². The molecule has 0 unspecified atom stereocenters. The number of hydrogen-bond donors (Lipinski definition) is 0. The maximum absolute atomic E-state index is 13.0. The van der Waals surface area contributed by atoms with Crippen molar-refractivity contribution in [2.24, 2.45) is 0 Å². The molecule has 0 heterocycles. The normalized spacial score (nSPS) is 13.0. The van der Waals surface area contributed by atoms with E-state index in [4.69, 9.17) is 0 Å². The fourth-order valence-corrected chi connectivity index (χ4v) is 1.53. The summed E-state index contributed by atoms with van der Waals surface area (Å²) < 4.78 is 110. The van der Waals surface area contributed by atoms with Crippen LogP contribution in [0.25, 0.3) is 0 Å². The van der Waals surface area contributed by atoms with Crippen molar-refractivity contribution in [2.45, 2.75) is 12.4 Å². The van der Waals surface area contributed by atoms with E-state index in [0.717, 1.165) is 0 Å².